The predicted octanol–water partition coefficient (Wildman–Crippen LogP) is 0.515. The molecule has 1 heterocycles. The van der Waals surface area contributed by atoms with Crippen LogP contribution in [-0.2, 0) is 26.0 Å². The summed E-state index contributed by atoms with van der Waals surface area (Å²) < 4.78 is 33.0. The van der Waals surface area contributed by atoms with Crippen LogP contribution in [0.2, 0.25) is 0 Å². The molecule has 21 heavy (non-hydrogen) atoms. The van der Waals surface area contributed by atoms with Gasteiger partial charge in [-0.3, -0.25) is 4.79 Å². The second-order valence-corrected chi connectivity index (χ2v) is 7.24. The maximum absolute atomic E-state index is 11.7. The van der Waals surface area contributed by atoms with Crippen molar-refractivity contribution < 1.29 is 22.7 Å². The van der Waals surface area contributed by atoms with Gasteiger partial charge in [-0.25, -0.2) is 8.42 Å². The number of carbonyl (C=O) groups excluding carboxylic acids is 1. The molecule has 0 aliphatic carbocycles. The van der Waals surface area contributed by atoms with Crippen molar-refractivity contribution in [2.24, 2.45) is 0 Å². The summed E-state index contributed by atoms with van der Waals surface area (Å²) in [4.78, 5) is 11.7. The monoisotopic (exact) mass is 313 g/mol. The molecule has 116 valence electrons. The Morgan fingerprint density at radius 1 is 1.43 bits per heavy atom. The Labute approximate surface area is 124 Å². The molecule has 1 N–H and O–H groups in total. The van der Waals surface area contributed by atoms with Crippen LogP contribution in [0, 0.1) is 0 Å². The van der Waals surface area contributed by atoms with E-state index < -0.39 is 9.84 Å². The molecule has 0 radical (unpaired) electrons. The van der Waals surface area contributed by atoms with Gasteiger partial charge >= 0.3 is 0 Å². The van der Waals surface area contributed by atoms with Gasteiger partial charge in [0.25, 0.3) is 0 Å². The number of hydrogen-bond acceptors (Lipinski definition) is 5. The number of sulfone groups is 1. The minimum atomic E-state index is -2.98. The molecule has 1 aromatic rings. The minimum Gasteiger partial charge on any atom is -0.497 e. The molecular formula is C14H19NO5S. The van der Waals surface area contributed by atoms with E-state index in [1.807, 2.05) is 24.3 Å². The van der Waals surface area contributed by atoms with E-state index in [0.717, 1.165) is 11.3 Å². The fraction of sp³-hybridized carbons (Fsp3) is 0.500. The lowest BCUT2D eigenvalue weighted by Crippen LogP contribution is -2.37. The fourth-order valence-electron chi connectivity index (χ4n) is 2.20. The van der Waals surface area contributed by atoms with Crippen molar-refractivity contribution in [3.05, 3.63) is 29.8 Å². The Balaban J connectivity index is 1.72. The van der Waals surface area contributed by atoms with Crippen LogP contribution in [0.4, 0.5) is 0 Å². The molecule has 6 nitrogen and oxygen atoms in total. The fourth-order valence-corrected chi connectivity index (χ4v) is 3.88. The summed E-state index contributed by atoms with van der Waals surface area (Å²) in [7, 11) is -1.40. The van der Waals surface area contributed by atoms with E-state index in [9.17, 15) is 13.2 Å². The highest BCUT2D eigenvalue weighted by atomic mass is 32.2. The molecule has 1 fully saturated rings. The molecule has 0 aromatic heterocycles. The van der Waals surface area contributed by atoms with Crippen molar-refractivity contribution in [2.45, 2.75) is 19.1 Å². The smallest absolute Gasteiger partial charge is 0.246 e. The van der Waals surface area contributed by atoms with E-state index in [1.165, 1.54) is 0 Å². The number of ether oxygens (including phenoxy) is 2. The molecule has 1 atom stereocenters. The van der Waals surface area contributed by atoms with Gasteiger partial charge in [-0.1, -0.05) is 12.1 Å². The van der Waals surface area contributed by atoms with Crippen molar-refractivity contribution in [1.29, 1.82) is 0 Å². The number of methoxy groups -OCH3 is 1. The maximum atomic E-state index is 11.7. The molecule has 0 bridgehead atoms. The predicted molar refractivity (Wildman–Crippen MR) is 77.9 cm³/mol. The first kappa shape index (κ1) is 15.8. The van der Waals surface area contributed by atoms with Crippen LogP contribution in [0.5, 0.6) is 5.75 Å². The summed E-state index contributed by atoms with van der Waals surface area (Å²) >= 11 is 0. The molecule has 2 rings (SSSR count). The van der Waals surface area contributed by atoms with E-state index in [2.05, 4.69) is 5.32 Å². The van der Waals surface area contributed by atoms with Crippen LogP contribution in [0.25, 0.3) is 0 Å². The van der Waals surface area contributed by atoms with E-state index in [-0.39, 0.29) is 30.1 Å². The van der Waals surface area contributed by atoms with Crippen molar-refractivity contribution >= 4 is 15.7 Å². The Hall–Kier alpha value is -1.60. The highest BCUT2D eigenvalue weighted by Crippen LogP contribution is 2.13. The molecule has 1 aliphatic rings. The quantitative estimate of drug-likeness (QED) is 0.828. The van der Waals surface area contributed by atoms with Crippen LogP contribution in [0.15, 0.2) is 24.3 Å². The van der Waals surface area contributed by atoms with Crippen molar-refractivity contribution in [3.63, 3.8) is 0 Å². The summed E-state index contributed by atoms with van der Waals surface area (Å²) in [5.41, 5.74) is 0.908. The second kappa shape index (κ2) is 6.91. The van der Waals surface area contributed by atoms with Gasteiger partial charge in [0.1, 0.15) is 12.4 Å². The molecule has 1 aliphatic heterocycles. The summed E-state index contributed by atoms with van der Waals surface area (Å²) in [6, 6.07) is 7.10. The lowest BCUT2D eigenvalue weighted by atomic mass is 10.2. The number of benzene rings is 1. The van der Waals surface area contributed by atoms with Crippen molar-refractivity contribution in [3.8, 4) is 5.75 Å². The third-order valence-electron chi connectivity index (χ3n) is 3.23. The molecular weight excluding hydrogens is 294 g/mol. The third kappa shape index (κ3) is 5.02. The Kier molecular flexibility index (Phi) is 5.19. The van der Waals surface area contributed by atoms with E-state index >= 15 is 0 Å². The number of hydrogen-bond donors (Lipinski definition) is 1. The van der Waals surface area contributed by atoms with Gasteiger partial charge in [0.05, 0.1) is 25.2 Å². The minimum absolute atomic E-state index is 0.0224. The van der Waals surface area contributed by atoms with Crippen LogP contribution in [-0.4, -0.2) is 45.6 Å². The van der Waals surface area contributed by atoms with Crippen LogP contribution in [0.3, 0.4) is 0 Å². The third-order valence-corrected chi connectivity index (χ3v) is 5.00. The van der Waals surface area contributed by atoms with E-state index in [4.69, 9.17) is 9.47 Å². The number of amides is 1. The van der Waals surface area contributed by atoms with Gasteiger partial charge in [0, 0.05) is 6.04 Å². The van der Waals surface area contributed by atoms with Gasteiger partial charge in [-0.15, -0.1) is 0 Å². The topological polar surface area (TPSA) is 81.7 Å². The van der Waals surface area contributed by atoms with Crippen LogP contribution >= 0.6 is 0 Å². The van der Waals surface area contributed by atoms with Gasteiger partial charge in [0.15, 0.2) is 9.84 Å². The molecule has 0 unspecified atom stereocenters. The first-order valence-corrected chi connectivity index (χ1v) is 8.51. The number of rotatable bonds is 6. The molecule has 0 saturated carbocycles. The lowest BCUT2D eigenvalue weighted by molar-refractivity contribution is -0.126. The van der Waals surface area contributed by atoms with Gasteiger partial charge in [-0.2, -0.15) is 0 Å². The molecule has 1 aromatic carbocycles. The van der Waals surface area contributed by atoms with Crippen LogP contribution in [0.1, 0.15) is 12.0 Å². The Morgan fingerprint density at radius 3 is 2.90 bits per heavy atom. The van der Waals surface area contributed by atoms with Crippen molar-refractivity contribution in [1.82, 2.24) is 5.32 Å². The normalized spacial score (nSPS) is 20.1. The Bertz CT molecular complexity index is 599. The number of nitrogens with one attached hydrogen (secondary N) is 1. The summed E-state index contributed by atoms with van der Waals surface area (Å²) in [6.07, 6.45) is 0.476. The van der Waals surface area contributed by atoms with Gasteiger partial charge < -0.3 is 14.8 Å². The summed E-state index contributed by atoms with van der Waals surface area (Å²) in [5, 5.41) is 2.68. The first-order chi connectivity index (χ1) is 9.98. The largest absolute Gasteiger partial charge is 0.497 e. The highest BCUT2D eigenvalue weighted by Gasteiger charge is 2.28. The maximum Gasteiger partial charge on any atom is 0.246 e. The number of carbonyl (C=O) groups is 1. The first-order valence-electron chi connectivity index (χ1n) is 6.69. The standard InChI is InChI=1S/C14H19NO5S/c1-19-13-4-2-3-11(7-13)8-20-9-14(16)15-12-5-6-21(17,18)10-12/h2-4,7,12H,5-6,8-10H2,1H3,(H,15,16)/t12-/m1/s1. The molecule has 0 spiro atoms. The molecule has 7 heteroatoms. The zero-order valence-corrected chi connectivity index (χ0v) is 12.7. The van der Waals surface area contributed by atoms with Gasteiger partial charge in [0.2, 0.25) is 5.91 Å². The van der Waals surface area contributed by atoms with Crippen LogP contribution < -0.4 is 10.1 Å². The van der Waals surface area contributed by atoms with Crippen molar-refractivity contribution in [2.75, 3.05) is 25.2 Å². The average Bonchev–Trinajstić information content (AvgIpc) is 2.78. The highest BCUT2D eigenvalue weighted by molar-refractivity contribution is 7.91. The van der Waals surface area contributed by atoms with E-state index in [0.29, 0.717) is 13.0 Å². The summed E-state index contributed by atoms with van der Waals surface area (Å²) in [6.45, 7) is 0.210. The zero-order chi connectivity index (χ0) is 15.3. The molecule has 1 amide bonds. The summed E-state index contributed by atoms with van der Waals surface area (Å²) in [5.74, 6) is 0.605. The van der Waals surface area contributed by atoms with E-state index in [1.54, 1.807) is 7.11 Å². The Morgan fingerprint density at radius 2 is 2.24 bits per heavy atom. The second-order valence-electron chi connectivity index (χ2n) is 5.01. The SMILES string of the molecule is COc1cccc(COCC(=O)N[C@@H]2CCS(=O)(=O)C2)c1. The average molecular weight is 313 g/mol. The van der Waals surface area contributed by atoms with Gasteiger partial charge in [-0.05, 0) is 24.1 Å². The molecule has 1 saturated heterocycles. The lowest BCUT2D eigenvalue weighted by Gasteiger charge is -2.11. The zero-order valence-electron chi connectivity index (χ0n) is 11.9.